The number of rotatable bonds is 4. The Labute approximate surface area is 102 Å². The fourth-order valence-corrected chi connectivity index (χ4v) is 2.53. The summed E-state index contributed by atoms with van der Waals surface area (Å²) in [5.74, 6) is 0. The van der Waals surface area contributed by atoms with Crippen molar-refractivity contribution in [3.63, 3.8) is 0 Å². The van der Waals surface area contributed by atoms with Crippen LogP contribution >= 0.6 is 15.9 Å². The number of halogens is 1. The van der Waals surface area contributed by atoms with Gasteiger partial charge in [-0.3, -0.25) is 0 Å². The molecule has 15 heavy (non-hydrogen) atoms. The van der Waals surface area contributed by atoms with Crippen molar-refractivity contribution in [1.82, 2.24) is 0 Å². The van der Waals surface area contributed by atoms with Gasteiger partial charge in [-0.15, -0.1) is 0 Å². The smallest absolute Gasteiger partial charge is 0.0707 e. The highest BCUT2D eigenvalue weighted by Crippen LogP contribution is 2.26. The van der Waals surface area contributed by atoms with E-state index in [4.69, 9.17) is 9.47 Å². The minimum absolute atomic E-state index is 0.0519. The van der Waals surface area contributed by atoms with E-state index in [1.165, 1.54) is 25.7 Å². The zero-order valence-corrected chi connectivity index (χ0v) is 11.7. The first-order valence-electron chi connectivity index (χ1n) is 5.89. The van der Waals surface area contributed by atoms with Gasteiger partial charge >= 0.3 is 0 Å². The van der Waals surface area contributed by atoms with E-state index in [1.807, 2.05) is 0 Å². The fourth-order valence-electron chi connectivity index (χ4n) is 1.79. The maximum Gasteiger partial charge on any atom is 0.0707 e. The Balaban J connectivity index is 2.08. The minimum Gasteiger partial charge on any atom is -0.375 e. The van der Waals surface area contributed by atoms with Crippen LogP contribution in [0, 0.1) is 0 Å². The summed E-state index contributed by atoms with van der Waals surface area (Å²) < 4.78 is 11.4. The van der Waals surface area contributed by atoms with Crippen LogP contribution in [-0.4, -0.2) is 29.7 Å². The van der Waals surface area contributed by atoms with Crippen LogP contribution in [-0.2, 0) is 9.47 Å². The molecule has 1 fully saturated rings. The molecule has 0 radical (unpaired) electrons. The molecule has 0 aromatic rings. The molecule has 1 saturated carbocycles. The highest BCUT2D eigenvalue weighted by Gasteiger charge is 2.23. The molecule has 0 heterocycles. The topological polar surface area (TPSA) is 18.5 Å². The number of alkyl halides is 1. The summed E-state index contributed by atoms with van der Waals surface area (Å²) in [7, 11) is 0. The van der Waals surface area contributed by atoms with Gasteiger partial charge in [0.25, 0.3) is 0 Å². The fraction of sp³-hybridized carbons (Fsp3) is 1.00. The number of hydrogen-bond acceptors (Lipinski definition) is 2. The highest BCUT2D eigenvalue weighted by molar-refractivity contribution is 9.09. The first-order chi connectivity index (χ1) is 6.99. The van der Waals surface area contributed by atoms with E-state index < -0.39 is 0 Å². The van der Waals surface area contributed by atoms with Crippen LogP contribution in [0.25, 0.3) is 0 Å². The van der Waals surface area contributed by atoms with Gasteiger partial charge in [-0.05, 0) is 33.6 Å². The molecule has 90 valence electrons. The predicted octanol–water partition coefficient (Wildman–Crippen LogP) is 3.52. The summed E-state index contributed by atoms with van der Waals surface area (Å²) in [6.07, 6.45) is 5.44. The first kappa shape index (κ1) is 13.5. The lowest BCUT2D eigenvalue weighted by atomic mass is 9.98. The Morgan fingerprint density at radius 3 is 2.40 bits per heavy atom. The average Bonchev–Trinajstić information content (AvgIpc) is 2.13. The van der Waals surface area contributed by atoms with Gasteiger partial charge in [0.05, 0.1) is 24.9 Å². The van der Waals surface area contributed by atoms with Crippen LogP contribution in [0.4, 0.5) is 0 Å². The standard InChI is InChI=1S/C12H23BrO2/c1-12(2,3)15-9-8-14-11-7-5-4-6-10(11)13/h10-11H,4-9H2,1-3H3. The normalized spacial score (nSPS) is 28.0. The van der Waals surface area contributed by atoms with Crippen LogP contribution in [0.2, 0.25) is 0 Å². The lowest BCUT2D eigenvalue weighted by molar-refractivity contribution is -0.0557. The Kier molecular flexibility index (Phi) is 5.58. The molecule has 0 aliphatic heterocycles. The summed E-state index contributed by atoms with van der Waals surface area (Å²) in [6.45, 7) is 7.62. The van der Waals surface area contributed by atoms with Gasteiger partial charge in [-0.1, -0.05) is 28.8 Å². The predicted molar refractivity (Wildman–Crippen MR) is 66.6 cm³/mol. The summed E-state index contributed by atoms with van der Waals surface area (Å²) in [5.41, 5.74) is -0.0519. The van der Waals surface area contributed by atoms with Crippen molar-refractivity contribution >= 4 is 15.9 Å². The molecule has 2 nitrogen and oxygen atoms in total. The molecule has 0 aromatic heterocycles. The number of hydrogen-bond donors (Lipinski definition) is 0. The van der Waals surface area contributed by atoms with Crippen molar-refractivity contribution < 1.29 is 9.47 Å². The second-order valence-corrected chi connectivity index (χ2v) is 6.35. The molecule has 3 heteroatoms. The van der Waals surface area contributed by atoms with Gasteiger partial charge in [0, 0.05) is 4.83 Å². The van der Waals surface area contributed by atoms with E-state index in [0.717, 1.165) is 0 Å². The summed E-state index contributed by atoms with van der Waals surface area (Å²) >= 11 is 3.68. The largest absolute Gasteiger partial charge is 0.375 e. The Bertz CT molecular complexity index is 177. The van der Waals surface area contributed by atoms with Crippen molar-refractivity contribution in [3.8, 4) is 0 Å². The second-order valence-electron chi connectivity index (χ2n) is 5.17. The molecule has 0 spiro atoms. The maximum atomic E-state index is 5.82. The van der Waals surface area contributed by atoms with E-state index in [-0.39, 0.29) is 5.60 Å². The van der Waals surface area contributed by atoms with Crippen molar-refractivity contribution in [2.75, 3.05) is 13.2 Å². The highest BCUT2D eigenvalue weighted by atomic mass is 79.9. The van der Waals surface area contributed by atoms with Crippen LogP contribution in [0.5, 0.6) is 0 Å². The maximum absolute atomic E-state index is 5.82. The van der Waals surface area contributed by atoms with Crippen molar-refractivity contribution in [2.45, 2.75) is 63.0 Å². The molecule has 0 N–H and O–H groups in total. The summed E-state index contributed by atoms with van der Waals surface area (Å²) in [4.78, 5) is 0.542. The third kappa shape index (κ3) is 5.88. The second kappa shape index (κ2) is 6.21. The van der Waals surface area contributed by atoms with Crippen molar-refractivity contribution in [1.29, 1.82) is 0 Å². The lowest BCUT2D eigenvalue weighted by Gasteiger charge is -2.28. The molecular formula is C12H23BrO2. The monoisotopic (exact) mass is 278 g/mol. The van der Waals surface area contributed by atoms with Gasteiger partial charge in [0.15, 0.2) is 0 Å². The molecule has 1 aliphatic carbocycles. The third-order valence-corrected chi connectivity index (χ3v) is 3.62. The lowest BCUT2D eigenvalue weighted by Crippen LogP contribution is -2.30. The third-order valence-electron chi connectivity index (χ3n) is 2.57. The SMILES string of the molecule is CC(C)(C)OCCOC1CCCCC1Br. The van der Waals surface area contributed by atoms with Gasteiger partial charge in [0.1, 0.15) is 0 Å². The summed E-state index contributed by atoms with van der Waals surface area (Å²) in [6, 6.07) is 0. The molecule has 0 amide bonds. The minimum atomic E-state index is -0.0519. The van der Waals surface area contributed by atoms with Gasteiger partial charge in [0.2, 0.25) is 0 Å². The van der Waals surface area contributed by atoms with Crippen LogP contribution in [0.3, 0.4) is 0 Å². The zero-order valence-electron chi connectivity index (χ0n) is 10.1. The molecule has 0 saturated heterocycles. The van der Waals surface area contributed by atoms with E-state index in [1.54, 1.807) is 0 Å². The van der Waals surface area contributed by atoms with Crippen molar-refractivity contribution in [2.24, 2.45) is 0 Å². The van der Waals surface area contributed by atoms with Gasteiger partial charge in [-0.2, -0.15) is 0 Å². The van der Waals surface area contributed by atoms with Crippen molar-refractivity contribution in [3.05, 3.63) is 0 Å². The Morgan fingerprint density at radius 1 is 1.13 bits per heavy atom. The quantitative estimate of drug-likeness (QED) is 0.579. The van der Waals surface area contributed by atoms with Crippen LogP contribution < -0.4 is 0 Å². The van der Waals surface area contributed by atoms with Gasteiger partial charge < -0.3 is 9.47 Å². The molecule has 1 aliphatic rings. The molecule has 0 bridgehead atoms. The van der Waals surface area contributed by atoms with E-state index in [0.29, 0.717) is 24.1 Å². The van der Waals surface area contributed by atoms with Crippen LogP contribution in [0.1, 0.15) is 46.5 Å². The van der Waals surface area contributed by atoms with Gasteiger partial charge in [-0.25, -0.2) is 0 Å². The average molecular weight is 279 g/mol. The zero-order chi connectivity index (χ0) is 11.3. The van der Waals surface area contributed by atoms with E-state index in [2.05, 4.69) is 36.7 Å². The Morgan fingerprint density at radius 2 is 1.80 bits per heavy atom. The molecule has 1 rings (SSSR count). The van der Waals surface area contributed by atoms with Crippen LogP contribution in [0.15, 0.2) is 0 Å². The van der Waals surface area contributed by atoms with E-state index in [9.17, 15) is 0 Å². The molecule has 0 aromatic carbocycles. The summed E-state index contributed by atoms with van der Waals surface area (Å²) in [5, 5.41) is 0. The Hall–Kier alpha value is 0.400. The molecular weight excluding hydrogens is 256 g/mol. The molecule has 2 unspecified atom stereocenters. The number of ether oxygens (including phenoxy) is 2. The molecule has 2 atom stereocenters. The first-order valence-corrected chi connectivity index (χ1v) is 6.80. The van der Waals surface area contributed by atoms with E-state index >= 15 is 0 Å².